The van der Waals surface area contributed by atoms with Gasteiger partial charge in [-0.05, 0) is 42.5 Å². The van der Waals surface area contributed by atoms with Gasteiger partial charge in [0.2, 0.25) is 0 Å². The van der Waals surface area contributed by atoms with Crippen molar-refractivity contribution in [1.82, 2.24) is 10.2 Å². The molecule has 0 aliphatic heterocycles. The number of aromatic nitrogens is 2. The van der Waals surface area contributed by atoms with Crippen molar-refractivity contribution in [2.45, 2.75) is 0 Å². The lowest BCUT2D eigenvalue weighted by atomic mass is 10.1. The first kappa shape index (κ1) is 17.0. The summed E-state index contributed by atoms with van der Waals surface area (Å²) in [7, 11) is 1.60. The van der Waals surface area contributed by atoms with Gasteiger partial charge in [-0.3, -0.25) is 9.89 Å². The summed E-state index contributed by atoms with van der Waals surface area (Å²) < 4.78 is 5.15. The van der Waals surface area contributed by atoms with Gasteiger partial charge in [0.25, 0.3) is 5.91 Å². The van der Waals surface area contributed by atoms with Crippen molar-refractivity contribution in [1.29, 1.82) is 5.26 Å². The number of amides is 1. The number of H-pyrrole nitrogens is 1. The zero-order chi connectivity index (χ0) is 18.4. The first-order valence-electron chi connectivity index (χ1n) is 7.87. The number of benzene rings is 2. The van der Waals surface area contributed by atoms with Crippen LogP contribution in [0.4, 0.5) is 5.69 Å². The largest absolute Gasteiger partial charge is 0.497 e. The molecule has 0 bridgehead atoms. The minimum Gasteiger partial charge on any atom is -0.497 e. The maximum absolute atomic E-state index is 12.4. The summed E-state index contributed by atoms with van der Waals surface area (Å²) in [4.78, 5) is 12.4. The maximum Gasteiger partial charge on any atom is 0.266 e. The van der Waals surface area contributed by atoms with E-state index in [1.807, 2.05) is 48.5 Å². The van der Waals surface area contributed by atoms with Gasteiger partial charge < -0.3 is 10.1 Å². The molecule has 1 amide bonds. The molecule has 0 spiro atoms. The van der Waals surface area contributed by atoms with Crippen LogP contribution in [0, 0.1) is 11.3 Å². The molecular weight excluding hydrogens is 328 g/mol. The van der Waals surface area contributed by atoms with Crippen LogP contribution in [0.15, 0.2) is 66.4 Å². The van der Waals surface area contributed by atoms with Gasteiger partial charge in [0, 0.05) is 16.8 Å². The Bertz CT molecular complexity index is 967. The Morgan fingerprint density at radius 1 is 1.19 bits per heavy atom. The predicted octanol–water partition coefficient (Wildman–Crippen LogP) is 3.63. The first-order chi connectivity index (χ1) is 12.7. The molecule has 0 aliphatic carbocycles. The maximum atomic E-state index is 12.4. The van der Waals surface area contributed by atoms with E-state index in [4.69, 9.17) is 4.74 Å². The van der Waals surface area contributed by atoms with Crippen molar-refractivity contribution in [3.05, 3.63) is 71.9 Å². The van der Waals surface area contributed by atoms with Gasteiger partial charge in [-0.2, -0.15) is 10.4 Å². The summed E-state index contributed by atoms with van der Waals surface area (Å²) in [5.74, 6) is 0.269. The second kappa shape index (κ2) is 7.81. The fraction of sp³-hybridized carbons (Fsp3) is 0.0500. The second-order valence-electron chi connectivity index (χ2n) is 5.42. The lowest BCUT2D eigenvalue weighted by Gasteiger charge is -2.05. The van der Waals surface area contributed by atoms with Crippen molar-refractivity contribution in [2.75, 3.05) is 12.4 Å². The highest BCUT2D eigenvalue weighted by atomic mass is 16.5. The molecule has 3 aromatic rings. The average Bonchev–Trinajstić information content (AvgIpc) is 3.15. The lowest BCUT2D eigenvalue weighted by molar-refractivity contribution is -0.112. The Morgan fingerprint density at radius 2 is 1.92 bits per heavy atom. The number of hydrogen-bond acceptors (Lipinski definition) is 4. The molecule has 0 aliphatic rings. The second-order valence-corrected chi connectivity index (χ2v) is 5.42. The molecule has 0 radical (unpaired) electrons. The SMILES string of the molecule is COc1ccc(-c2[nH]ncc2C=C(C#N)C(=O)Nc2ccccc2)cc1. The Kier molecular flexibility index (Phi) is 5.11. The van der Waals surface area contributed by atoms with E-state index in [0.717, 1.165) is 11.3 Å². The van der Waals surface area contributed by atoms with E-state index in [2.05, 4.69) is 15.5 Å². The minimum absolute atomic E-state index is 0.00925. The van der Waals surface area contributed by atoms with E-state index in [1.165, 1.54) is 6.08 Å². The van der Waals surface area contributed by atoms with Crippen LogP contribution in [-0.2, 0) is 4.79 Å². The summed E-state index contributed by atoms with van der Waals surface area (Å²) in [6.45, 7) is 0. The van der Waals surface area contributed by atoms with Gasteiger partial charge in [0.1, 0.15) is 17.4 Å². The van der Waals surface area contributed by atoms with Gasteiger partial charge >= 0.3 is 0 Å². The molecule has 0 unspecified atom stereocenters. The number of nitriles is 1. The predicted molar refractivity (Wildman–Crippen MR) is 99.2 cm³/mol. The molecule has 0 saturated heterocycles. The van der Waals surface area contributed by atoms with E-state index in [-0.39, 0.29) is 5.57 Å². The van der Waals surface area contributed by atoms with E-state index in [0.29, 0.717) is 16.9 Å². The quantitative estimate of drug-likeness (QED) is 0.546. The van der Waals surface area contributed by atoms with Gasteiger partial charge in [0.15, 0.2) is 0 Å². The van der Waals surface area contributed by atoms with E-state index in [9.17, 15) is 10.1 Å². The summed E-state index contributed by atoms with van der Waals surface area (Å²) >= 11 is 0. The van der Waals surface area contributed by atoms with Crippen LogP contribution in [-0.4, -0.2) is 23.2 Å². The molecule has 0 fully saturated rings. The Labute approximate surface area is 150 Å². The van der Waals surface area contributed by atoms with Crippen LogP contribution in [0.25, 0.3) is 17.3 Å². The highest BCUT2D eigenvalue weighted by Gasteiger charge is 2.13. The van der Waals surface area contributed by atoms with Gasteiger partial charge in [-0.25, -0.2) is 0 Å². The summed E-state index contributed by atoms with van der Waals surface area (Å²) in [6, 6.07) is 18.3. The standard InChI is InChI=1S/C20H16N4O2/c1-26-18-9-7-14(8-10-18)19-16(13-22-24-19)11-15(12-21)20(25)23-17-5-3-2-4-6-17/h2-11,13H,1H3,(H,22,24)(H,23,25). The number of nitrogens with one attached hydrogen (secondary N) is 2. The first-order valence-corrected chi connectivity index (χ1v) is 7.87. The third-order valence-electron chi connectivity index (χ3n) is 3.74. The Hall–Kier alpha value is -3.85. The average molecular weight is 344 g/mol. The zero-order valence-corrected chi connectivity index (χ0v) is 14.1. The van der Waals surface area contributed by atoms with Gasteiger partial charge in [-0.15, -0.1) is 0 Å². The van der Waals surface area contributed by atoms with Crippen molar-refractivity contribution < 1.29 is 9.53 Å². The Morgan fingerprint density at radius 3 is 2.58 bits per heavy atom. The monoisotopic (exact) mass is 344 g/mol. The van der Waals surface area contributed by atoms with E-state index >= 15 is 0 Å². The lowest BCUT2D eigenvalue weighted by Crippen LogP contribution is -2.13. The van der Waals surface area contributed by atoms with Gasteiger partial charge in [0.05, 0.1) is 19.0 Å². The van der Waals surface area contributed by atoms with Crippen LogP contribution < -0.4 is 10.1 Å². The summed E-state index contributed by atoms with van der Waals surface area (Å²) in [5.41, 5.74) is 2.85. The van der Waals surface area contributed by atoms with Crippen LogP contribution in [0.2, 0.25) is 0 Å². The number of methoxy groups -OCH3 is 1. The number of anilines is 1. The molecule has 1 aromatic heterocycles. The van der Waals surface area contributed by atoms with E-state index in [1.54, 1.807) is 25.4 Å². The fourth-order valence-electron chi connectivity index (χ4n) is 2.42. The number of para-hydroxylation sites is 1. The number of aromatic amines is 1. The number of rotatable bonds is 5. The van der Waals surface area contributed by atoms with Crippen molar-refractivity contribution in [2.24, 2.45) is 0 Å². The van der Waals surface area contributed by atoms with E-state index < -0.39 is 5.91 Å². The molecule has 0 atom stereocenters. The molecule has 6 nitrogen and oxygen atoms in total. The highest BCUT2D eigenvalue weighted by molar-refractivity contribution is 6.10. The zero-order valence-electron chi connectivity index (χ0n) is 14.1. The molecule has 3 rings (SSSR count). The number of hydrogen-bond donors (Lipinski definition) is 2. The number of ether oxygens (including phenoxy) is 1. The molecule has 2 N–H and O–H groups in total. The number of nitrogens with zero attached hydrogens (tertiary/aromatic N) is 2. The molecule has 128 valence electrons. The fourth-order valence-corrected chi connectivity index (χ4v) is 2.42. The third-order valence-corrected chi connectivity index (χ3v) is 3.74. The normalized spacial score (nSPS) is 10.8. The molecule has 26 heavy (non-hydrogen) atoms. The molecule has 1 heterocycles. The topological polar surface area (TPSA) is 90.8 Å². The smallest absolute Gasteiger partial charge is 0.266 e. The molecule has 6 heteroatoms. The van der Waals surface area contributed by atoms with Crippen LogP contribution in [0.3, 0.4) is 0 Å². The van der Waals surface area contributed by atoms with Crippen LogP contribution in [0.5, 0.6) is 5.75 Å². The molecule has 2 aromatic carbocycles. The van der Waals surface area contributed by atoms with Gasteiger partial charge in [-0.1, -0.05) is 18.2 Å². The highest BCUT2D eigenvalue weighted by Crippen LogP contribution is 2.25. The number of carbonyl (C=O) groups excluding carboxylic acids is 1. The van der Waals surface area contributed by atoms with Crippen LogP contribution in [0.1, 0.15) is 5.56 Å². The summed E-state index contributed by atoms with van der Waals surface area (Å²) in [5, 5.41) is 19.0. The summed E-state index contributed by atoms with van der Waals surface area (Å²) in [6.07, 6.45) is 3.09. The van der Waals surface area contributed by atoms with Crippen molar-refractivity contribution in [3.8, 4) is 23.1 Å². The minimum atomic E-state index is -0.472. The van der Waals surface area contributed by atoms with Crippen molar-refractivity contribution >= 4 is 17.7 Å². The third kappa shape index (κ3) is 3.79. The van der Waals surface area contributed by atoms with Crippen LogP contribution >= 0.6 is 0 Å². The number of carbonyl (C=O) groups is 1. The Balaban J connectivity index is 1.87. The van der Waals surface area contributed by atoms with Crippen molar-refractivity contribution in [3.63, 3.8) is 0 Å². The molecular formula is C20H16N4O2. The molecule has 0 saturated carbocycles.